The van der Waals surface area contributed by atoms with Gasteiger partial charge in [-0.1, -0.05) is 12.1 Å². The number of piperidine rings is 1. The predicted molar refractivity (Wildman–Crippen MR) is 93.0 cm³/mol. The number of rotatable bonds is 1. The summed E-state index contributed by atoms with van der Waals surface area (Å²) in [7, 11) is 3.82. The van der Waals surface area contributed by atoms with Crippen LogP contribution in [-0.4, -0.2) is 55.8 Å². The minimum atomic E-state index is -0.534. The van der Waals surface area contributed by atoms with Gasteiger partial charge in [0.05, 0.1) is 20.3 Å². The first-order valence-electron chi connectivity index (χ1n) is 9.17. The molecule has 4 aliphatic rings. The van der Waals surface area contributed by atoms with E-state index in [9.17, 15) is 5.11 Å². The maximum absolute atomic E-state index is 11.0. The highest BCUT2D eigenvalue weighted by molar-refractivity contribution is 5.61. The maximum Gasteiger partial charge on any atom is 0.173 e. The standard InChI is InChI=1S/C20H25NO4/c1-21-8-7-19-12-20(24-9-10-25-20)6-5-14(19)15(21)11-13-3-4-16(23-2)18(22)17(13)19/h3-5,15,22H,6-12H2,1-2H3/t15?,19-/m0/s1. The van der Waals surface area contributed by atoms with Crippen LogP contribution in [0.3, 0.4) is 0 Å². The molecule has 5 nitrogen and oxygen atoms in total. The molecule has 0 aromatic heterocycles. The summed E-state index contributed by atoms with van der Waals surface area (Å²) in [5.74, 6) is 0.315. The van der Waals surface area contributed by atoms with E-state index in [0.29, 0.717) is 30.8 Å². The maximum atomic E-state index is 11.0. The molecule has 2 saturated heterocycles. The minimum absolute atomic E-state index is 0.216. The molecule has 2 aliphatic heterocycles. The van der Waals surface area contributed by atoms with Gasteiger partial charge in [-0.3, -0.25) is 4.90 Å². The molecule has 25 heavy (non-hydrogen) atoms. The van der Waals surface area contributed by atoms with E-state index in [1.165, 1.54) is 11.1 Å². The van der Waals surface area contributed by atoms with Gasteiger partial charge in [0.1, 0.15) is 0 Å². The van der Waals surface area contributed by atoms with Gasteiger partial charge >= 0.3 is 0 Å². The highest BCUT2D eigenvalue weighted by Crippen LogP contribution is 2.59. The second kappa shape index (κ2) is 5.22. The number of phenolic OH excluding ortho intramolecular Hbond substituents is 1. The van der Waals surface area contributed by atoms with Crippen molar-refractivity contribution in [3.05, 3.63) is 34.9 Å². The molecule has 2 bridgehead atoms. The van der Waals surface area contributed by atoms with Gasteiger partial charge in [-0.2, -0.15) is 0 Å². The third-order valence-electron chi connectivity index (χ3n) is 6.69. The SMILES string of the molecule is COc1ccc2c(c1O)[C@]13CCN(C)C(C2)C1=CCC1(C3)OCCO1. The molecule has 0 saturated carbocycles. The normalized spacial score (nSPS) is 32.9. The molecule has 0 amide bonds. The van der Waals surface area contributed by atoms with Gasteiger partial charge in [0, 0.05) is 29.9 Å². The number of benzene rings is 1. The largest absolute Gasteiger partial charge is 0.504 e. The molecule has 1 N–H and O–H groups in total. The van der Waals surface area contributed by atoms with Crippen LogP contribution in [0.15, 0.2) is 23.8 Å². The van der Waals surface area contributed by atoms with Crippen LogP contribution in [0.2, 0.25) is 0 Å². The van der Waals surface area contributed by atoms with Gasteiger partial charge in [-0.05, 0) is 43.6 Å². The number of nitrogens with zero attached hydrogens (tertiary/aromatic N) is 1. The van der Waals surface area contributed by atoms with Crippen LogP contribution >= 0.6 is 0 Å². The second-order valence-electron chi connectivity index (χ2n) is 7.83. The number of hydrogen-bond donors (Lipinski definition) is 1. The monoisotopic (exact) mass is 343 g/mol. The quantitative estimate of drug-likeness (QED) is 0.794. The Balaban J connectivity index is 1.74. The van der Waals surface area contributed by atoms with E-state index in [-0.39, 0.29) is 5.41 Å². The summed E-state index contributed by atoms with van der Waals surface area (Å²) in [6.07, 6.45) is 5.81. The molecule has 2 fully saturated rings. The highest BCUT2D eigenvalue weighted by atomic mass is 16.7. The van der Waals surface area contributed by atoms with Crippen molar-refractivity contribution in [1.29, 1.82) is 0 Å². The second-order valence-corrected chi connectivity index (χ2v) is 7.83. The first kappa shape index (κ1) is 15.7. The fraction of sp³-hybridized carbons (Fsp3) is 0.600. The Bertz CT molecular complexity index is 752. The Kier molecular flexibility index (Phi) is 3.28. The summed E-state index contributed by atoms with van der Waals surface area (Å²) in [5, 5.41) is 11.0. The van der Waals surface area contributed by atoms with Crippen molar-refractivity contribution < 1.29 is 19.3 Å². The molecule has 2 atom stereocenters. The third kappa shape index (κ3) is 2.00. The highest BCUT2D eigenvalue weighted by Gasteiger charge is 2.57. The van der Waals surface area contributed by atoms with Gasteiger partial charge in [0.2, 0.25) is 0 Å². The van der Waals surface area contributed by atoms with Gasteiger partial charge in [0.25, 0.3) is 0 Å². The average Bonchev–Trinajstić information content (AvgIpc) is 3.05. The molecule has 5 rings (SSSR count). The number of likely N-dealkylation sites (N-methyl/N-ethyl adjacent to an activating group) is 1. The summed E-state index contributed by atoms with van der Waals surface area (Å²) < 4.78 is 17.5. The first-order valence-corrected chi connectivity index (χ1v) is 9.17. The molecular weight excluding hydrogens is 318 g/mol. The Hall–Kier alpha value is -1.56. The first-order chi connectivity index (χ1) is 12.1. The third-order valence-corrected chi connectivity index (χ3v) is 6.69. The van der Waals surface area contributed by atoms with Crippen molar-refractivity contribution in [2.75, 3.05) is 33.9 Å². The van der Waals surface area contributed by atoms with Crippen molar-refractivity contribution in [3.63, 3.8) is 0 Å². The van der Waals surface area contributed by atoms with Crippen LogP contribution in [0.25, 0.3) is 0 Å². The lowest BCUT2D eigenvalue weighted by molar-refractivity contribution is -0.176. The lowest BCUT2D eigenvalue weighted by atomic mass is 9.55. The van der Waals surface area contributed by atoms with E-state index in [2.05, 4.69) is 24.1 Å². The fourth-order valence-corrected chi connectivity index (χ4v) is 5.57. The van der Waals surface area contributed by atoms with Crippen LogP contribution in [0.1, 0.15) is 30.4 Å². The van der Waals surface area contributed by atoms with Gasteiger partial charge in [0.15, 0.2) is 17.3 Å². The number of fused-ring (bicyclic) bond motifs is 1. The zero-order chi connectivity index (χ0) is 17.2. The molecule has 1 aromatic carbocycles. The molecule has 1 spiro atoms. The van der Waals surface area contributed by atoms with E-state index in [1.54, 1.807) is 7.11 Å². The fourth-order valence-electron chi connectivity index (χ4n) is 5.57. The number of aromatic hydroxyl groups is 1. The van der Waals surface area contributed by atoms with Gasteiger partial charge in [-0.15, -0.1) is 0 Å². The van der Waals surface area contributed by atoms with Crippen LogP contribution in [0.5, 0.6) is 11.5 Å². The smallest absolute Gasteiger partial charge is 0.173 e. The van der Waals surface area contributed by atoms with Crippen molar-refractivity contribution >= 4 is 0 Å². The lowest BCUT2D eigenvalue weighted by Gasteiger charge is -2.56. The topological polar surface area (TPSA) is 51.2 Å². The molecular formula is C20H25NO4. The van der Waals surface area contributed by atoms with E-state index in [0.717, 1.165) is 37.8 Å². The van der Waals surface area contributed by atoms with E-state index < -0.39 is 5.79 Å². The summed E-state index contributed by atoms with van der Waals surface area (Å²) in [6.45, 7) is 2.31. The molecule has 1 unspecified atom stereocenters. The Morgan fingerprint density at radius 2 is 2.08 bits per heavy atom. The number of hydrogen-bond acceptors (Lipinski definition) is 5. The summed E-state index contributed by atoms with van der Waals surface area (Å²) in [5.41, 5.74) is 3.48. The Morgan fingerprint density at radius 1 is 1.28 bits per heavy atom. The lowest BCUT2D eigenvalue weighted by Crippen LogP contribution is -2.58. The van der Waals surface area contributed by atoms with Gasteiger partial charge in [-0.25, -0.2) is 0 Å². The minimum Gasteiger partial charge on any atom is -0.504 e. The zero-order valence-electron chi connectivity index (χ0n) is 14.9. The van der Waals surface area contributed by atoms with Crippen molar-refractivity contribution in [1.82, 2.24) is 4.90 Å². The van der Waals surface area contributed by atoms with Gasteiger partial charge < -0.3 is 19.3 Å². The van der Waals surface area contributed by atoms with Crippen LogP contribution in [0.4, 0.5) is 0 Å². The number of likely N-dealkylation sites (tertiary alicyclic amines) is 1. The van der Waals surface area contributed by atoms with Crippen molar-refractivity contribution in [3.8, 4) is 11.5 Å². The number of methoxy groups -OCH3 is 1. The number of ether oxygens (including phenoxy) is 3. The predicted octanol–water partition coefficient (Wildman–Crippen LogP) is 2.36. The van der Waals surface area contributed by atoms with Crippen LogP contribution < -0.4 is 4.74 Å². The molecule has 5 heteroatoms. The van der Waals surface area contributed by atoms with Crippen LogP contribution in [-0.2, 0) is 21.3 Å². The Morgan fingerprint density at radius 3 is 2.84 bits per heavy atom. The molecule has 2 heterocycles. The zero-order valence-corrected chi connectivity index (χ0v) is 14.9. The summed E-state index contributed by atoms with van der Waals surface area (Å²) in [6, 6.07) is 4.40. The summed E-state index contributed by atoms with van der Waals surface area (Å²) >= 11 is 0. The van der Waals surface area contributed by atoms with Crippen molar-refractivity contribution in [2.45, 2.75) is 42.9 Å². The number of phenols is 1. The average molecular weight is 343 g/mol. The van der Waals surface area contributed by atoms with E-state index >= 15 is 0 Å². The van der Waals surface area contributed by atoms with Crippen molar-refractivity contribution in [2.24, 2.45) is 0 Å². The van der Waals surface area contributed by atoms with E-state index in [4.69, 9.17) is 14.2 Å². The molecule has 0 radical (unpaired) electrons. The molecule has 2 aliphatic carbocycles. The summed E-state index contributed by atoms with van der Waals surface area (Å²) in [4.78, 5) is 2.45. The molecule has 134 valence electrons. The Labute approximate surface area is 148 Å². The van der Waals surface area contributed by atoms with Crippen LogP contribution in [0, 0.1) is 0 Å². The molecule has 1 aromatic rings. The van der Waals surface area contributed by atoms with E-state index in [1.807, 2.05) is 6.07 Å².